The van der Waals surface area contributed by atoms with E-state index in [1.807, 2.05) is 0 Å². The summed E-state index contributed by atoms with van der Waals surface area (Å²) in [6.45, 7) is 0. The molecule has 98 valence electrons. The van der Waals surface area contributed by atoms with Gasteiger partial charge < -0.3 is 14.8 Å². The van der Waals surface area contributed by atoms with Gasteiger partial charge in [-0.25, -0.2) is 0 Å². The van der Waals surface area contributed by atoms with Crippen LogP contribution in [0.2, 0.25) is 0 Å². The zero-order chi connectivity index (χ0) is 13.8. The lowest BCUT2D eigenvalue weighted by Crippen LogP contribution is -2.15. The molecule has 0 saturated carbocycles. The van der Waals surface area contributed by atoms with Crippen molar-refractivity contribution in [2.45, 2.75) is 6.42 Å². The molecule has 0 fully saturated rings. The van der Waals surface area contributed by atoms with E-state index in [1.54, 1.807) is 31.4 Å². The van der Waals surface area contributed by atoms with E-state index in [9.17, 15) is 9.59 Å². The Labute approximate surface area is 109 Å². The minimum atomic E-state index is -1.04. The van der Waals surface area contributed by atoms with Crippen molar-refractivity contribution < 1.29 is 14.6 Å². The fourth-order valence-electron chi connectivity index (χ4n) is 1.87. The zero-order valence-electron chi connectivity index (χ0n) is 10.3. The molecule has 0 spiro atoms. The van der Waals surface area contributed by atoms with Gasteiger partial charge in [-0.15, -0.1) is 0 Å². The molecule has 0 aliphatic heterocycles. The highest BCUT2D eigenvalue weighted by atomic mass is 16.5. The molecule has 0 aliphatic carbocycles. The number of H-pyrrole nitrogens is 1. The molecule has 0 atom stereocenters. The Morgan fingerprint density at radius 1 is 1.37 bits per heavy atom. The number of hydrogen-bond donors (Lipinski definition) is 2. The Bertz CT molecular complexity index is 660. The predicted octanol–water partition coefficient (Wildman–Crippen LogP) is 1.68. The molecule has 2 rings (SSSR count). The summed E-state index contributed by atoms with van der Waals surface area (Å²) in [5.74, 6) is -0.399. The first-order valence-electron chi connectivity index (χ1n) is 5.68. The summed E-state index contributed by atoms with van der Waals surface area (Å²) in [7, 11) is 1.55. The first-order valence-corrected chi connectivity index (χ1v) is 5.68. The maximum Gasteiger partial charge on any atom is 0.308 e. The van der Waals surface area contributed by atoms with Crippen molar-refractivity contribution in [3.8, 4) is 17.0 Å². The fourth-order valence-corrected chi connectivity index (χ4v) is 1.87. The van der Waals surface area contributed by atoms with Gasteiger partial charge in [0.05, 0.1) is 19.2 Å². The van der Waals surface area contributed by atoms with Gasteiger partial charge in [0.25, 0.3) is 0 Å². The number of carboxylic acid groups (broad SMARTS) is 1. The Morgan fingerprint density at radius 2 is 2.16 bits per heavy atom. The number of aromatic amines is 1. The summed E-state index contributed by atoms with van der Waals surface area (Å²) in [6.07, 6.45) is 1.19. The number of methoxy groups -OCH3 is 1. The highest BCUT2D eigenvalue weighted by molar-refractivity contribution is 5.75. The van der Waals surface area contributed by atoms with Gasteiger partial charge in [-0.05, 0) is 12.1 Å². The lowest BCUT2D eigenvalue weighted by molar-refractivity contribution is -0.136. The van der Waals surface area contributed by atoms with E-state index in [2.05, 4.69) is 4.98 Å². The third-order valence-corrected chi connectivity index (χ3v) is 2.75. The van der Waals surface area contributed by atoms with Gasteiger partial charge in [0.15, 0.2) is 5.43 Å². The van der Waals surface area contributed by atoms with Gasteiger partial charge in [-0.1, -0.05) is 12.1 Å². The molecule has 1 heterocycles. The summed E-state index contributed by atoms with van der Waals surface area (Å²) >= 11 is 0. The van der Waals surface area contributed by atoms with Crippen molar-refractivity contribution in [2.75, 3.05) is 7.11 Å². The van der Waals surface area contributed by atoms with Crippen LogP contribution in [0.25, 0.3) is 11.3 Å². The lowest BCUT2D eigenvalue weighted by Gasteiger charge is -2.08. The molecule has 2 N–H and O–H groups in total. The number of aromatic nitrogens is 1. The number of nitrogens with one attached hydrogen (secondary N) is 1. The first kappa shape index (κ1) is 12.9. The lowest BCUT2D eigenvalue weighted by atomic mass is 10.0. The second-order valence-corrected chi connectivity index (χ2v) is 4.00. The summed E-state index contributed by atoms with van der Waals surface area (Å²) in [6, 6.07) is 8.42. The van der Waals surface area contributed by atoms with Gasteiger partial charge in [0, 0.05) is 23.4 Å². The van der Waals surface area contributed by atoms with Gasteiger partial charge in [-0.2, -0.15) is 0 Å². The maximum absolute atomic E-state index is 11.8. The van der Waals surface area contributed by atoms with Crippen LogP contribution < -0.4 is 10.2 Å². The molecule has 2 aromatic rings. The quantitative estimate of drug-likeness (QED) is 0.875. The number of carboxylic acids is 1. The minimum Gasteiger partial charge on any atom is -0.497 e. The molecule has 1 aromatic carbocycles. The Morgan fingerprint density at radius 3 is 2.84 bits per heavy atom. The van der Waals surface area contributed by atoms with E-state index in [0.717, 1.165) is 0 Å². The summed E-state index contributed by atoms with van der Waals surface area (Å²) in [4.78, 5) is 25.6. The van der Waals surface area contributed by atoms with Gasteiger partial charge in [-0.3, -0.25) is 9.59 Å². The van der Waals surface area contributed by atoms with Crippen LogP contribution in [-0.2, 0) is 11.2 Å². The second-order valence-electron chi connectivity index (χ2n) is 4.00. The molecule has 0 unspecified atom stereocenters. The largest absolute Gasteiger partial charge is 0.497 e. The van der Waals surface area contributed by atoms with Crippen molar-refractivity contribution in [3.63, 3.8) is 0 Å². The number of aliphatic carboxylic acids is 1. The first-order chi connectivity index (χ1) is 9.11. The molecular weight excluding hydrogens is 246 g/mol. The average molecular weight is 259 g/mol. The van der Waals surface area contributed by atoms with Gasteiger partial charge in [0.2, 0.25) is 0 Å². The van der Waals surface area contributed by atoms with E-state index < -0.39 is 5.97 Å². The van der Waals surface area contributed by atoms with Gasteiger partial charge in [0.1, 0.15) is 5.75 Å². The molecule has 5 nitrogen and oxygen atoms in total. The van der Waals surface area contributed by atoms with Crippen LogP contribution in [0, 0.1) is 0 Å². The molecular formula is C14H13NO4. The topological polar surface area (TPSA) is 79.4 Å². The number of hydrogen-bond acceptors (Lipinski definition) is 3. The Balaban J connectivity index is 2.57. The van der Waals surface area contributed by atoms with Crippen LogP contribution in [0.15, 0.2) is 41.3 Å². The normalized spacial score (nSPS) is 10.2. The molecule has 0 saturated heterocycles. The van der Waals surface area contributed by atoms with Crippen LogP contribution in [-0.4, -0.2) is 23.2 Å². The fraction of sp³-hybridized carbons (Fsp3) is 0.143. The second kappa shape index (κ2) is 5.39. The van der Waals surface area contributed by atoms with Crippen LogP contribution in [0.5, 0.6) is 5.75 Å². The number of carbonyl (C=O) groups is 1. The van der Waals surface area contributed by atoms with Crippen LogP contribution in [0.4, 0.5) is 0 Å². The van der Waals surface area contributed by atoms with Crippen LogP contribution in [0.1, 0.15) is 5.56 Å². The summed E-state index contributed by atoms with van der Waals surface area (Å²) in [5, 5.41) is 8.89. The van der Waals surface area contributed by atoms with E-state index >= 15 is 0 Å². The standard InChI is InChI=1S/C14H13NO4/c1-19-10-4-2-3-9(7-10)14-11(8-13(17)18)12(16)5-6-15-14/h2-7H,8H2,1H3,(H,15,16)(H,17,18). The third kappa shape index (κ3) is 2.82. The number of pyridine rings is 1. The van der Waals surface area contributed by atoms with E-state index in [0.29, 0.717) is 17.0 Å². The van der Waals surface area contributed by atoms with Crippen molar-refractivity contribution in [2.24, 2.45) is 0 Å². The maximum atomic E-state index is 11.8. The zero-order valence-corrected chi connectivity index (χ0v) is 10.3. The predicted molar refractivity (Wildman–Crippen MR) is 70.4 cm³/mol. The van der Waals surface area contributed by atoms with Gasteiger partial charge >= 0.3 is 5.97 Å². The molecule has 0 aliphatic rings. The molecule has 19 heavy (non-hydrogen) atoms. The molecule has 1 aromatic heterocycles. The number of benzene rings is 1. The Kier molecular flexibility index (Phi) is 3.66. The number of ether oxygens (including phenoxy) is 1. The van der Waals surface area contributed by atoms with E-state index in [1.165, 1.54) is 12.3 Å². The highest BCUT2D eigenvalue weighted by Gasteiger charge is 2.13. The van der Waals surface area contributed by atoms with Crippen molar-refractivity contribution >= 4 is 5.97 Å². The molecule has 0 bridgehead atoms. The molecule has 0 amide bonds. The average Bonchev–Trinajstić information content (AvgIpc) is 2.40. The molecule has 0 radical (unpaired) electrons. The highest BCUT2D eigenvalue weighted by Crippen LogP contribution is 2.23. The monoisotopic (exact) mass is 259 g/mol. The van der Waals surface area contributed by atoms with E-state index in [-0.39, 0.29) is 17.4 Å². The van der Waals surface area contributed by atoms with Crippen LogP contribution in [0.3, 0.4) is 0 Å². The summed E-state index contributed by atoms with van der Waals surface area (Å²) in [5.41, 5.74) is 1.17. The van der Waals surface area contributed by atoms with Crippen molar-refractivity contribution in [1.29, 1.82) is 0 Å². The Hall–Kier alpha value is -2.56. The third-order valence-electron chi connectivity index (χ3n) is 2.75. The van der Waals surface area contributed by atoms with Crippen molar-refractivity contribution in [3.05, 3.63) is 52.3 Å². The minimum absolute atomic E-state index is 0.239. The van der Waals surface area contributed by atoms with E-state index in [4.69, 9.17) is 9.84 Å². The SMILES string of the molecule is COc1cccc(-c2[nH]ccc(=O)c2CC(=O)O)c1. The van der Waals surface area contributed by atoms with Crippen molar-refractivity contribution in [1.82, 2.24) is 4.98 Å². The number of rotatable bonds is 4. The van der Waals surface area contributed by atoms with Crippen LogP contribution >= 0.6 is 0 Å². The smallest absolute Gasteiger partial charge is 0.308 e. The summed E-state index contributed by atoms with van der Waals surface area (Å²) < 4.78 is 5.12. The molecule has 5 heteroatoms.